The summed E-state index contributed by atoms with van der Waals surface area (Å²) in [4.78, 5) is 38.2. The first-order chi connectivity index (χ1) is 12.8. The highest BCUT2D eigenvalue weighted by Gasteiger charge is 2.36. The van der Waals surface area contributed by atoms with Gasteiger partial charge in [-0.05, 0) is 24.8 Å². The Labute approximate surface area is 159 Å². The Bertz CT molecular complexity index is 651. The minimum Gasteiger partial charge on any atom is -0.338 e. The fraction of sp³-hybridized carbons (Fsp3) is 0.684. The number of rotatable bonds is 6. The van der Waals surface area contributed by atoms with Gasteiger partial charge in [0.05, 0.1) is 12.4 Å². The van der Waals surface area contributed by atoms with Gasteiger partial charge in [0.1, 0.15) is 0 Å². The van der Waals surface area contributed by atoms with E-state index in [0.717, 1.165) is 45.6 Å². The van der Waals surface area contributed by atoms with Gasteiger partial charge in [-0.25, -0.2) is 14.4 Å². The number of anilines is 1. The summed E-state index contributed by atoms with van der Waals surface area (Å²) in [6, 6.07) is 0. The number of amides is 2. The summed E-state index contributed by atoms with van der Waals surface area (Å²) in [5, 5.41) is 0. The molecule has 148 valence electrons. The van der Waals surface area contributed by atoms with Crippen LogP contribution in [0.2, 0.25) is 0 Å². The molecule has 2 aliphatic rings. The molecule has 7 nitrogen and oxygen atoms in total. The van der Waals surface area contributed by atoms with Gasteiger partial charge in [-0.3, -0.25) is 19.4 Å². The number of imide groups is 1. The molecule has 27 heavy (non-hydrogen) atoms. The lowest BCUT2D eigenvalue weighted by atomic mass is 9.82. The molecule has 0 spiro atoms. The summed E-state index contributed by atoms with van der Waals surface area (Å²) in [5.74, 6) is 0.0704. The van der Waals surface area contributed by atoms with Crippen LogP contribution in [0.25, 0.3) is 0 Å². The standard InChI is InChI=1S/C19H28FN5O2/c1-19(2)11-16(26)25(17(27)12-19)6-4-3-5-23-7-9-24(10-8-23)18-21-13-15(20)14-22-18/h13-14H,3-12H2,1-2H3. The highest BCUT2D eigenvalue weighted by Crippen LogP contribution is 2.31. The minimum atomic E-state index is -0.424. The Morgan fingerprint density at radius 1 is 0.963 bits per heavy atom. The van der Waals surface area contributed by atoms with Crippen LogP contribution in [0, 0.1) is 11.2 Å². The molecular formula is C19H28FN5O2. The number of carbonyl (C=O) groups is 2. The Morgan fingerprint density at radius 3 is 2.11 bits per heavy atom. The van der Waals surface area contributed by atoms with Crippen molar-refractivity contribution in [3.8, 4) is 0 Å². The lowest BCUT2D eigenvalue weighted by Gasteiger charge is -2.35. The first kappa shape index (κ1) is 19.7. The maximum atomic E-state index is 12.9. The van der Waals surface area contributed by atoms with Gasteiger partial charge in [-0.1, -0.05) is 13.8 Å². The molecule has 3 heterocycles. The molecule has 2 amide bonds. The summed E-state index contributed by atoms with van der Waals surface area (Å²) in [6.45, 7) is 8.82. The Morgan fingerprint density at radius 2 is 1.52 bits per heavy atom. The van der Waals surface area contributed by atoms with Crippen LogP contribution < -0.4 is 4.90 Å². The van der Waals surface area contributed by atoms with Crippen LogP contribution in [0.4, 0.5) is 10.3 Å². The molecule has 3 rings (SSSR count). The predicted molar refractivity (Wildman–Crippen MR) is 99.6 cm³/mol. The quantitative estimate of drug-likeness (QED) is 0.555. The van der Waals surface area contributed by atoms with Gasteiger partial charge < -0.3 is 4.90 Å². The van der Waals surface area contributed by atoms with Gasteiger partial charge in [0.15, 0.2) is 5.82 Å². The summed E-state index contributed by atoms with van der Waals surface area (Å²) < 4.78 is 12.9. The maximum absolute atomic E-state index is 12.9. The van der Waals surface area contributed by atoms with Gasteiger partial charge in [0.25, 0.3) is 0 Å². The van der Waals surface area contributed by atoms with Crippen molar-refractivity contribution in [2.45, 2.75) is 39.5 Å². The number of piperidine rings is 1. The van der Waals surface area contributed by atoms with E-state index in [4.69, 9.17) is 0 Å². The SMILES string of the molecule is CC1(C)CC(=O)N(CCCCN2CCN(c3ncc(F)cn3)CC2)C(=O)C1. The molecule has 0 bridgehead atoms. The van der Waals surface area contributed by atoms with Crippen molar-refractivity contribution in [3.05, 3.63) is 18.2 Å². The molecule has 8 heteroatoms. The van der Waals surface area contributed by atoms with Crippen molar-refractivity contribution in [3.63, 3.8) is 0 Å². The topological polar surface area (TPSA) is 69.6 Å². The number of nitrogens with zero attached hydrogens (tertiary/aromatic N) is 5. The molecule has 0 radical (unpaired) electrons. The molecular weight excluding hydrogens is 349 g/mol. The number of halogens is 1. The maximum Gasteiger partial charge on any atom is 0.229 e. The van der Waals surface area contributed by atoms with Crippen LogP contribution >= 0.6 is 0 Å². The Hall–Kier alpha value is -2.09. The monoisotopic (exact) mass is 377 g/mol. The zero-order chi connectivity index (χ0) is 19.4. The summed E-state index contributed by atoms with van der Waals surface area (Å²) in [5.41, 5.74) is -0.210. The van der Waals surface area contributed by atoms with E-state index in [1.165, 1.54) is 17.3 Å². The zero-order valence-corrected chi connectivity index (χ0v) is 16.2. The molecule has 2 fully saturated rings. The van der Waals surface area contributed by atoms with E-state index in [0.29, 0.717) is 25.3 Å². The second-order valence-corrected chi connectivity index (χ2v) is 8.19. The van der Waals surface area contributed by atoms with Gasteiger partial charge in [0.2, 0.25) is 17.8 Å². The van der Waals surface area contributed by atoms with Crippen LogP contribution in [-0.4, -0.2) is 70.9 Å². The molecule has 2 saturated heterocycles. The fourth-order valence-electron chi connectivity index (χ4n) is 3.71. The van der Waals surface area contributed by atoms with Gasteiger partial charge in [-0.15, -0.1) is 0 Å². The van der Waals surface area contributed by atoms with Crippen LogP contribution in [-0.2, 0) is 9.59 Å². The summed E-state index contributed by atoms with van der Waals surface area (Å²) in [7, 11) is 0. The smallest absolute Gasteiger partial charge is 0.229 e. The molecule has 1 aromatic rings. The molecule has 1 aromatic heterocycles. The lowest BCUT2D eigenvalue weighted by Crippen LogP contribution is -2.48. The average molecular weight is 377 g/mol. The van der Waals surface area contributed by atoms with Gasteiger partial charge in [-0.2, -0.15) is 0 Å². The number of likely N-dealkylation sites (tertiary alicyclic amines) is 1. The number of aromatic nitrogens is 2. The number of piperazine rings is 1. The van der Waals surface area contributed by atoms with Crippen LogP contribution in [0.3, 0.4) is 0 Å². The Balaban J connectivity index is 1.35. The van der Waals surface area contributed by atoms with E-state index in [-0.39, 0.29) is 17.2 Å². The number of hydrogen-bond acceptors (Lipinski definition) is 6. The third kappa shape index (κ3) is 5.22. The van der Waals surface area contributed by atoms with E-state index < -0.39 is 5.82 Å². The van der Waals surface area contributed by atoms with E-state index >= 15 is 0 Å². The molecule has 0 aliphatic carbocycles. The first-order valence-electron chi connectivity index (χ1n) is 9.62. The van der Waals surface area contributed by atoms with E-state index in [9.17, 15) is 14.0 Å². The van der Waals surface area contributed by atoms with Crippen molar-refractivity contribution in [1.29, 1.82) is 0 Å². The molecule has 0 unspecified atom stereocenters. The van der Waals surface area contributed by atoms with Crippen LogP contribution in [0.15, 0.2) is 12.4 Å². The van der Waals surface area contributed by atoms with Gasteiger partial charge in [0, 0.05) is 45.6 Å². The third-order valence-corrected chi connectivity index (χ3v) is 5.23. The number of hydrogen-bond donors (Lipinski definition) is 0. The number of unbranched alkanes of at least 4 members (excludes halogenated alkanes) is 1. The third-order valence-electron chi connectivity index (χ3n) is 5.23. The zero-order valence-electron chi connectivity index (χ0n) is 16.2. The normalized spacial score (nSPS) is 21.0. The largest absolute Gasteiger partial charge is 0.338 e. The lowest BCUT2D eigenvalue weighted by molar-refractivity contribution is -0.152. The molecule has 0 saturated carbocycles. The highest BCUT2D eigenvalue weighted by atomic mass is 19.1. The molecule has 0 N–H and O–H groups in total. The summed E-state index contributed by atoms with van der Waals surface area (Å²) in [6.07, 6.45) is 5.07. The minimum absolute atomic E-state index is 0.0378. The van der Waals surface area contributed by atoms with E-state index in [1.807, 2.05) is 13.8 Å². The van der Waals surface area contributed by atoms with Crippen molar-refractivity contribution >= 4 is 17.8 Å². The van der Waals surface area contributed by atoms with Crippen molar-refractivity contribution in [2.75, 3.05) is 44.2 Å². The Kier molecular flexibility index (Phi) is 6.04. The molecule has 2 aliphatic heterocycles. The fourth-order valence-corrected chi connectivity index (χ4v) is 3.71. The first-order valence-corrected chi connectivity index (χ1v) is 9.62. The average Bonchev–Trinajstić information content (AvgIpc) is 2.61. The second-order valence-electron chi connectivity index (χ2n) is 8.19. The van der Waals surface area contributed by atoms with Crippen molar-refractivity contribution in [1.82, 2.24) is 19.8 Å². The van der Waals surface area contributed by atoms with E-state index in [2.05, 4.69) is 19.8 Å². The van der Waals surface area contributed by atoms with Crippen LogP contribution in [0.5, 0.6) is 0 Å². The van der Waals surface area contributed by atoms with Crippen molar-refractivity contribution in [2.24, 2.45) is 5.41 Å². The summed E-state index contributed by atoms with van der Waals surface area (Å²) >= 11 is 0. The van der Waals surface area contributed by atoms with Crippen molar-refractivity contribution < 1.29 is 14.0 Å². The highest BCUT2D eigenvalue weighted by molar-refractivity contribution is 5.98. The van der Waals surface area contributed by atoms with E-state index in [1.54, 1.807) is 0 Å². The molecule has 0 aromatic carbocycles. The predicted octanol–water partition coefficient (Wildman–Crippen LogP) is 1.69. The van der Waals surface area contributed by atoms with Gasteiger partial charge >= 0.3 is 0 Å². The second kappa shape index (κ2) is 8.29. The number of carbonyl (C=O) groups excluding carboxylic acids is 2. The molecule has 0 atom stereocenters. The van der Waals surface area contributed by atoms with Crippen LogP contribution in [0.1, 0.15) is 39.5 Å².